The van der Waals surface area contributed by atoms with Crippen molar-refractivity contribution >= 4 is 5.69 Å². The van der Waals surface area contributed by atoms with E-state index in [1.165, 1.54) is 50.0 Å². The van der Waals surface area contributed by atoms with Gasteiger partial charge in [0.05, 0.1) is 0 Å². The van der Waals surface area contributed by atoms with Crippen LogP contribution in [0.4, 0.5) is 5.69 Å². The molecule has 1 spiro atoms. The molecule has 1 aliphatic heterocycles. The van der Waals surface area contributed by atoms with Crippen molar-refractivity contribution < 1.29 is 0 Å². The molecule has 1 saturated carbocycles. The van der Waals surface area contributed by atoms with Crippen molar-refractivity contribution in [1.29, 1.82) is 0 Å². The molecule has 2 nitrogen and oxygen atoms in total. The molecule has 0 aromatic heterocycles. The zero-order valence-corrected chi connectivity index (χ0v) is 11.4. The fraction of sp³-hybridized carbons (Fsp3) is 0.625. The van der Waals surface area contributed by atoms with Crippen LogP contribution < -0.4 is 10.2 Å². The van der Waals surface area contributed by atoms with Gasteiger partial charge in [0.2, 0.25) is 0 Å². The minimum Gasteiger partial charge on any atom is -0.370 e. The number of anilines is 1. The van der Waals surface area contributed by atoms with Gasteiger partial charge in [0.1, 0.15) is 0 Å². The van der Waals surface area contributed by atoms with Crippen molar-refractivity contribution in [2.75, 3.05) is 24.5 Å². The topological polar surface area (TPSA) is 15.3 Å². The number of rotatable bonds is 4. The summed E-state index contributed by atoms with van der Waals surface area (Å²) in [6, 6.07) is 9.10. The molecule has 2 heteroatoms. The van der Waals surface area contributed by atoms with Crippen molar-refractivity contribution in [1.82, 2.24) is 5.32 Å². The summed E-state index contributed by atoms with van der Waals surface area (Å²) in [6.45, 7) is 6.76. The Hall–Kier alpha value is -1.02. The molecular formula is C16H24N2. The van der Waals surface area contributed by atoms with Crippen molar-refractivity contribution in [2.24, 2.45) is 5.41 Å². The van der Waals surface area contributed by atoms with Gasteiger partial charge >= 0.3 is 0 Å². The smallest absolute Gasteiger partial charge is 0.0366 e. The van der Waals surface area contributed by atoms with Gasteiger partial charge < -0.3 is 10.2 Å². The summed E-state index contributed by atoms with van der Waals surface area (Å²) in [5.74, 6) is 0. The van der Waals surface area contributed by atoms with E-state index in [-0.39, 0.29) is 0 Å². The first-order valence-electron chi connectivity index (χ1n) is 7.36. The second kappa shape index (κ2) is 4.93. The Kier molecular flexibility index (Phi) is 3.29. The number of hydrogen-bond donors (Lipinski definition) is 1. The molecule has 1 saturated heterocycles. The van der Waals surface area contributed by atoms with Crippen LogP contribution >= 0.6 is 0 Å². The Labute approximate surface area is 110 Å². The number of hydrogen-bond acceptors (Lipinski definition) is 2. The molecule has 1 N–H and O–H groups in total. The second-order valence-electron chi connectivity index (χ2n) is 6.01. The number of nitrogens with zero attached hydrogens (tertiary/aromatic N) is 1. The minimum atomic E-state index is 0.697. The van der Waals surface area contributed by atoms with E-state index in [4.69, 9.17) is 0 Å². The third kappa shape index (κ3) is 2.26. The van der Waals surface area contributed by atoms with Gasteiger partial charge in [-0.2, -0.15) is 0 Å². The molecular weight excluding hydrogens is 220 g/mol. The predicted molar refractivity (Wildman–Crippen MR) is 76.9 cm³/mol. The summed E-state index contributed by atoms with van der Waals surface area (Å²) in [5, 5.41) is 3.37. The monoisotopic (exact) mass is 244 g/mol. The summed E-state index contributed by atoms with van der Waals surface area (Å²) in [6.07, 6.45) is 5.83. The van der Waals surface area contributed by atoms with Crippen LogP contribution in [0.1, 0.15) is 38.2 Å². The zero-order chi connectivity index (χ0) is 12.4. The van der Waals surface area contributed by atoms with Crippen LogP contribution in [0.15, 0.2) is 24.3 Å². The number of nitrogens with one attached hydrogen (secondary N) is 1. The summed E-state index contributed by atoms with van der Waals surface area (Å²) >= 11 is 0. The van der Waals surface area contributed by atoms with Crippen molar-refractivity contribution in [2.45, 2.75) is 39.2 Å². The molecule has 1 aliphatic carbocycles. The van der Waals surface area contributed by atoms with Gasteiger partial charge in [-0.05, 0) is 37.1 Å². The van der Waals surface area contributed by atoms with Gasteiger partial charge in [0.25, 0.3) is 0 Å². The number of benzene rings is 1. The van der Waals surface area contributed by atoms with E-state index in [9.17, 15) is 0 Å². The van der Waals surface area contributed by atoms with E-state index in [0.29, 0.717) is 5.41 Å². The third-order valence-corrected chi connectivity index (χ3v) is 4.60. The molecule has 18 heavy (non-hydrogen) atoms. The van der Waals surface area contributed by atoms with Gasteiger partial charge in [-0.3, -0.25) is 0 Å². The van der Waals surface area contributed by atoms with Crippen LogP contribution in [0.3, 0.4) is 0 Å². The maximum absolute atomic E-state index is 3.37. The zero-order valence-electron chi connectivity index (χ0n) is 11.4. The molecule has 1 aromatic rings. The first kappa shape index (κ1) is 12.0. The Morgan fingerprint density at radius 3 is 2.39 bits per heavy atom. The van der Waals surface area contributed by atoms with E-state index in [2.05, 4.69) is 41.4 Å². The molecule has 0 radical (unpaired) electrons. The quantitative estimate of drug-likeness (QED) is 0.875. The molecule has 2 fully saturated rings. The standard InChI is InChI=1S/C16H24N2/c1-2-17-11-14-5-7-15(8-6-14)18-12-16(13-18)9-3-4-10-16/h5-8,17H,2-4,9-13H2,1H3. The highest BCUT2D eigenvalue weighted by atomic mass is 15.2. The predicted octanol–water partition coefficient (Wildman–Crippen LogP) is 3.18. The first-order chi connectivity index (χ1) is 8.81. The third-order valence-electron chi connectivity index (χ3n) is 4.60. The maximum Gasteiger partial charge on any atom is 0.0366 e. The molecule has 0 bridgehead atoms. The van der Waals surface area contributed by atoms with Crippen LogP contribution in [-0.2, 0) is 6.54 Å². The van der Waals surface area contributed by atoms with Crippen LogP contribution in [0.25, 0.3) is 0 Å². The minimum absolute atomic E-state index is 0.697. The molecule has 1 aromatic carbocycles. The van der Waals surface area contributed by atoms with Gasteiger partial charge in [-0.25, -0.2) is 0 Å². The fourth-order valence-corrected chi connectivity index (χ4v) is 3.48. The van der Waals surface area contributed by atoms with Crippen LogP contribution in [0, 0.1) is 5.41 Å². The average molecular weight is 244 g/mol. The summed E-state index contributed by atoms with van der Waals surface area (Å²) in [5.41, 5.74) is 3.49. The van der Waals surface area contributed by atoms with Crippen LogP contribution in [-0.4, -0.2) is 19.6 Å². The molecule has 3 rings (SSSR count). The van der Waals surface area contributed by atoms with E-state index < -0.39 is 0 Å². The molecule has 0 unspecified atom stereocenters. The lowest BCUT2D eigenvalue weighted by molar-refractivity contribution is 0.222. The molecule has 98 valence electrons. The Morgan fingerprint density at radius 1 is 1.11 bits per heavy atom. The fourth-order valence-electron chi connectivity index (χ4n) is 3.48. The summed E-state index contributed by atoms with van der Waals surface area (Å²) in [4.78, 5) is 2.54. The average Bonchev–Trinajstić information content (AvgIpc) is 2.85. The van der Waals surface area contributed by atoms with Gasteiger partial charge in [-0.15, -0.1) is 0 Å². The summed E-state index contributed by atoms with van der Waals surface area (Å²) in [7, 11) is 0. The van der Waals surface area contributed by atoms with E-state index >= 15 is 0 Å². The highest BCUT2D eigenvalue weighted by Gasteiger charge is 2.44. The Bertz CT molecular complexity index is 382. The van der Waals surface area contributed by atoms with Gasteiger partial charge in [0.15, 0.2) is 0 Å². The Morgan fingerprint density at radius 2 is 1.78 bits per heavy atom. The van der Waals surface area contributed by atoms with Crippen molar-refractivity contribution in [3.8, 4) is 0 Å². The highest BCUT2D eigenvalue weighted by Crippen LogP contribution is 2.46. The first-order valence-corrected chi connectivity index (χ1v) is 7.36. The maximum atomic E-state index is 3.37. The second-order valence-corrected chi connectivity index (χ2v) is 6.01. The van der Waals surface area contributed by atoms with Crippen LogP contribution in [0.2, 0.25) is 0 Å². The molecule has 1 heterocycles. The van der Waals surface area contributed by atoms with Gasteiger partial charge in [0, 0.05) is 30.7 Å². The highest BCUT2D eigenvalue weighted by molar-refractivity contribution is 5.51. The molecule has 0 amide bonds. The lowest BCUT2D eigenvalue weighted by Crippen LogP contribution is -2.55. The Balaban J connectivity index is 1.57. The molecule has 0 atom stereocenters. The van der Waals surface area contributed by atoms with Crippen molar-refractivity contribution in [3.05, 3.63) is 29.8 Å². The SMILES string of the molecule is CCNCc1ccc(N2CC3(CCCC3)C2)cc1. The van der Waals surface area contributed by atoms with Crippen molar-refractivity contribution in [3.63, 3.8) is 0 Å². The summed E-state index contributed by atoms with van der Waals surface area (Å²) < 4.78 is 0. The molecule has 2 aliphatic rings. The largest absolute Gasteiger partial charge is 0.370 e. The van der Waals surface area contributed by atoms with Crippen LogP contribution in [0.5, 0.6) is 0 Å². The van der Waals surface area contributed by atoms with E-state index in [0.717, 1.165) is 13.1 Å². The lowest BCUT2D eigenvalue weighted by atomic mass is 9.78. The lowest BCUT2D eigenvalue weighted by Gasteiger charge is -2.49. The van der Waals surface area contributed by atoms with E-state index in [1.807, 2.05) is 0 Å². The van der Waals surface area contributed by atoms with Gasteiger partial charge in [-0.1, -0.05) is 31.9 Å². The van der Waals surface area contributed by atoms with E-state index in [1.54, 1.807) is 0 Å². The normalized spacial score (nSPS) is 21.3.